The molecular formula is C28H31N3O3S. The predicted octanol–water partition coefficient (Wildman–Crippen LogP) is 5.18. The molecule has 0 spiro atoms. The summed E-state index contributed by atoms with van der Waals surface area (Å²) in [5.74, 6) is 1.98. The molecule has 2 amide bonds. The number of hydrazone groups is 1. The van der Waals surface area contributed by atoms with Gasteiger partial charge in [0.1, 0.15) is 5.75 Å². The molecule has 7 heteroatoms. The minimum absolute atomic E-state index is 0.0503. The lowest BCUT2D eigenvalue weighted by atomic mass is 10.1. The van der Waals surface area contributed by atoms with E-state index in [9.17, 15) is 9.59 Å². The predicted molar refractivity (Wildman–Crippen MR) is 143 cm³/mol. The molecule has 0 heterocycles. The fourth-order valence-electron chi connectivity index (χ4n) is 3.10. The fourth-order valence-corrected chi connectivity index (χ4v) is 4.06. The fraction of sp³-hybridized carbons (Fsp3) is 0.250. The summed E-state index contributed by atoms with van der Waals surface area (Å²) >= 11 is 1.84. The molecule has 6 nitrogen and oxygen atoms in total. The Morgan fingerprint density at radius 2 is 1.51 bits per heavy atom. The Kier molecular flexibility index (Phi) is 9.49. The number of nitrogens with one attached hydrogen (secondary N) is 2. The molecule has 0 aliphatic heterocycles. The molecular weight excluding hydrogens is 458 g/mol. The van der Waals surface area contributed by atoms with Crippen molar-refractivity contribution in [2.45, 2.75) is 37.8 Å². The van der Waals surface area contributed by atoms with Crippen LogP contribution in [0.25, 0.3) is 0 Å². The van der Waals surface area contributed by atoms with E-state index >= 15 is 0 Å². The van der Waals surface area contributed by atoms with Gasteiger partial charge in [-0.15, -0.1) is 0 Å². The van der Waals surface area contributed by atoms with Gasteiger partial charge in [-0.2, -0.15) is 16.9 Å². The highest BCUT2D eigenvalue weighted by Crippen LogP contribution is 2.18. The first-order chi connectivity index (χ1) is 16.8. The molecule has 35 heavy (non-hydrogen) atoms. The number of hydrogen-bond acceptors (Lipinski definition) is 5. The summed E-state index contributed by atoms with van der Waals surface area (Å²) in [5, 5.41) is 6.88. The van der Waals surface area contributed by atoms with Crippen molar-refractivity contribution in [1.82, 2.24) is 10.7 Å². The molecule has 3 aromatic carbocycles. The van der Waals surface area contributed by atoms with Crippen LogP contribution < -0.4 is 15.5 Å². The van der Waals surface area contributed by atoms with E-state index in [1.807, 2.05) is 75.0 Å². The number of rotatable bonds is 10. The van der Waals surface area contributed by atoms with Crippen molar-refractivity contribution in [3.63, 3.8) is 0 Å². The van der Waals surface area contributed by atoms with Crippen LogP contribution in [0.3, 0.4) is 0 Å². The second-order valence-corrected chi connectivity index (χ2v) is 10.0. The third kappa shape index (κ3) is 9.66. The first-order valence-corrected chi connectivity index (χ1v) is 12.5. The Morgan fingerprint density at radius 3 is 2.14 bits per heavy atom. The second-order valence-electron chi connectivity index (χ2n) is 9.03. The van der Waals surface area contributed by atoms with Gasteiger partial charge in [-0.25, -0.2) is 5.43 Å². The Labute approximate surface area is 211 Å². The smallest absolute Gasteiger partial charge is 0.271 e. The van der Waals surface area contributed by atoms with Crippen LogP contribution in [0.4, 0.5) is 0 Å². The number of nitrogens with zero attached hydrogens (tertiary/aromatic N) is 1. The molecule has 0 radical (unpaired) electrons. The van der Waals surface area contributed by atoms with Gasteiger partial charge in [0.15, 0.2) is 6.61 Å². The molecule has 2 N–H and O–H groups in total. The second kappa shape index (κ2) is 12.8. The summed E-state index contributed by atoms with van der Waals surface area (Å²) in [6, 6.07) is 25.0. The molecule has 0 atom stereocenters. The third-order valence-electron chi connectivity index (χ3n) is 4.74. The molecule has 3 rings (SSSR count). The molecule has 0 unspecified atom stereocenters. The van der Waals surface area contributed by atoms with Crippen molar-refractivity contribution in [1.29, 1.82) is 0 Å². The standard InChI is InChI=1S/C28H31N3O3S/c1-28(2,3)30-26(32)18-34-25-15-11-21(12-16-25)17-29-31-27(33)24-13-9-23(10-14-24)20-35-19-22-7-5-4-6-8-22/h4-17H,18-20H2,1-3H3,(H,30,32)(H,31,33)/b29-17-. The molecule has 0 bridgehead atoms. The molecule has 0 fully saturated rings. The summed E-state index contributed by atoms with van der Waals surface area (Å²) in [5.41, 5.74) is 6.07. The first kappa shape index (κ1) is 26.0. The van der Waals surface area contributed by atoms with Crippen molar-refractivity contribution in [2.24, 2.45) is 5.10 Å². The van der Waals surface area contributed by atoms with E-state index in [1.54, 1.807) is 30.5 Å². The summed E-state index contributed by atoms with van der Waals surface area (Å²) in [6.07, 6.45) is 1.56. The van der Waals surface area contributed by atoms with Crippen LogP contribution >= 0.6 is 11.8 Å². The van der Waals surface area contributed by atoms with Gasteiger partial charge >= 0.3 is 0 Å². The summed E-state index contributed by atoms with van der Waals surface area (Å²) in [7, 11) is 0. The molecule has 0 saturated carbocycles. The summed E-state index contributed by atoms with van der Waals surface area (Å²) < 4.78 is 5.50. The Bertz CT molecular complexity index is 1120. The lowest BCUT2D eigenvalue weighted by Crippen LogP contribution is -2.43. The van der Waals surface area contributed by atoms with Gasteiger partial charge in [-0.05, 0) is 73.9 Å². The molecule has 0 saturated heterocycles. The topological polar surface area (TPSA) is 79.8 Å². The molecule has 182 valence electrons. The zero-order chi connectivity index (χ0) is 25.1. The van der Waals surface area contributed by atoms with Gasteiger partial charge < -0.3 is 10.1 Å². The quantitative estimate of drug-likeness (QED) is 0.304. The SMILES string of the molecule is CC(C)(C)NC(=O)COc1ccc(/C=N\NC(=O)c2ccc(CSCc3ccccc3)cc2)cc1. The first-order valence-electron chi connectivity index (χ1n) is 11.4. The van der Waals surface area contributed by atoms with Crippen molar-refractivity contribution < 1.29 is 14.3 Å². The van der Waals surface area contributed by atoms with Gasteiger partial charge in [0.25, 0.3) is 11.8 Å². The van der Waals surface area contributed by atoms with E-state index in [0.717, 1.165) is 17.1 Å². The van der Waals surface area contributed by atoms with E-state index in [2.05, 4.69) is 28.0 Å². The summed E-state index contributed by atoms with van der Waals surface area (Å²) in [4.78, 5) is 24.2. The molecule has 0 aromatic heterocycles. The van der Waals surface area contributed by atoms with Gasteiger partial charge in [0, 0.05) is 22.6 Å². The van der Waals surface area contributed by atoms with Gasteiger partial charge in [0.05, 0.1) is 6.21 Å². The van der Waals surface area contributed by atoms with E-state index in [0.29, 0.717) is 11.3 Å². The summed E-state index contributed by atoms with van der Waals surface area (Å²) in [6.45, 7) is 5.70. The zero-order valence-electron chi connectivity index (χ0n) is 20.3. The highest BCUT2D eigenvalue weighted by molar-refractivity contribution is 7.97. The van der Waals surface area contributed by atoms with Crippen LogP contribution in [0, 0.1) is 0 Å². The van der Waals surface area contributed by atoms with Crippen LogP contribution in [0.15, 0.2) is 84.0 Å². The maximum atomic E-state index is 12.4. The number of amides is 2. The highest BCUT2D eigenvalue weighted by atomic mass is 32.2. The van der Waals surface area contributed by atoms with Crippen LogP contribution in [0.2, 0.25) is 0 Å². The van der Waals surface area contributed by atoms with Crippen molar-refractivity contribution in [3.8, 4) is 5.75 Å². The normalized spacial score (nSPS) is 11.3. The van der Waals surface area contributed by atoms with Crippen LogP contribution in [0.1, 0.15) is 47.8 Å². The maximum absolute atomic E-state index is 12.4. The molecule has 0 aliphatic carbocycles. The zero-order valence-corrected chi connectivity index (χ0v) is 21.1. The Hall–Kier alpha value is -3.58. The van der Waals surface area contributed by atoms with Crippen LogP contribution in [-0.2, 0) is 16.3 Å². The van der Waals surface area contributed by atoms with Gasteiger partial charge in [-0.1, -0.05) is 42.5 Å². The molecule has 3 aromatic rings. The highest BCUT2D eigenvalue weighted by Gasteiger charge is 2.13. The number of carbonyl (C=O) groups excluding carboxylic acids is 2. The van der Waals surface area contributed by atoms with E-state index in [4.69, 9.17) is 4.74 Å². The lowest BCUT2D eigenvalue weighted by Gasteiger charge is -2.20. The Balaban J connectivity index is 1.41. The number of thioether (sulfide) groups is 1. The third-order valence-corrected chi connectivity index (χ3v) is 5.82. The van der Waals surface area contributed by atoms with E-state index < -0.39 is 0 Å². The van der Waals surface area contributed by atoms with Gasteiger partial charge in [0.2, 0.25) is 0 Å². The van der Waals surface area contributed by atoms with Crippen molar-refractivity contribution >= 4 is 29.8 Å². The average molecular weight is 490 g/mol. The van der Waals surface area contributed by atoms with E-state index in [1.165, 1.54) is 11.1 Å². The number of benzene rings is 3. The van der Waals surface area contributed by atoms with E-state index in [-0.39, 0.29) is 24.0 Å². The average Bonchev–Trinajstić information content (AvgIpc) is 2.83. The van der Waals surface area contributed by atoms with Crippen molar-refractivity contribution in [2.75, 3.05) is 6.61 Å². The van der Waals surface area contributed by atoms with Crippen molar-refractivity contribution in [3.05, 3.63) is 101 Å². The monoisotopic (exact) mass is 489 g/mol. The minimum atomic E-state index is -0.297. The number of ether oxygens (including phenoxy) is 1. The minimum Gasteiger partial charge on any atom is -0.484 e. The lowest BCUT2D eigenvalue weighted by molar-refractivity contribution is -0.124. The number of hydrogen-bond donors (Lipinski definition) is 2. The maximum Gasteiger partial charge on any atom is 0.271 e. The Morgan fingerprint density at radius 1 is 0.886 bits per heavy atom. The largest absolute Gasteiger partial charge is 0.484 e. The molecule has 0 aliphatic rings. The van der Waals surface area contributed by atoms with Crippen LogP contribution in [-0.4, -0.2) is 30.2 Å². The van der Waals surface area contributed by atoms with Gasteiger partial charge in [-0.3, -0.25) is 9.59 Å². The number of carbonyl (C=O) groups is 2. The van der Waals surface area contributed by atoms with Crippen LogP contribution in [0.5, 0.6) is 5.75 Å².